The van der Waals surface area contributed by atoms with Gasteiger partial charge in [-0.25, -0.2) is 4.39 Å². The fourth-order valence-corrected chi connectivity index (χ4v) is 0.713. The molecule has 0 fully saturated rings. The van der Waals surface area contributed by atoms with E-state index in [1.165, 1.54) is 0 Å². The lowest BCUT2D eigenvalue weighted by molar-refractivity contribution is -0.225. The zero-order valence-corrected chi connectivity index (χ0v) is 7.71. The maximum absolute atomic E-state index is 12.8. The Balaban J connectivity index is 4.13. The highest BCUT2D eigenvalue weighted by atomic mass is 19.4. The van der Waals surface area contributed by atoms with Gasteiger partial charge in [-0.15, -0.1) is 0 Å². The first kappa shape index (κ1) is 14.2. The Morgan fingerprint density at radius 2 is 1.40 bits per heavy atom. The fraction of sp³-hybridized carbons (Fsp3) is 0.750. The van der Waals surface area contributed by atoms with E-state index >= 15 is 0 Å². The summed E-state index contributed by atoms with van der Waals surface area (Å²) in [7, 11) is 0. The summed E-state index contributed by atoms with van der Waals surface area (Å²) in [6.07, 6.45) is -11.0. The Labute approximate surface area is 81.8 Å². The highest BCUT2D eigenvalue weighted by Gasteiger charge is 2.51. The van der Waals surface area contributed by atoms with Crippen LogP contribution in [0, 0.1) is 0 Å². The molecule has 0 radical (unpaired) electrons. The number of alkyl halides is 7. The van der Waals surface area contributed by atoms with Gasteiger partial charge in [0, 0.05) is 6.08 Å². The van der Waals surface area contributed by atoms with Crippen LogP contribution in [-0.4, -0.2) is 18.0 Å². The van der Waals surface area contributed by atoms with Crippen molar-refractivity contribution in [3.63, 3.8) is 0 Å². The monoisotopic (exact) mass is 238 g/mol. The molecular formula is C8H9F7. The first-order chi connectivity index (χ1) is 6.46. The normalized spacial score (nSPS) is 18.1. The van der Waals surface area contributed by atoms with Gasteiger partial charge < -0.3 is 0 Å². The van der Waals surface area contributed by atoms with E-state index in [9.17, 15) is 30.7 Å². The van der Waals surface area contributed by atoms with Gasteiger partial charge in [-0.05, 0) is 19.8 Å². The molecule has 0 rings (SSSR count). The molecule has 0 heterocycles. The SMILES string of the molecule is CC(F)(CC/C=C\C(F)(F)F)C(F)(F)F. The van der Waals surface area contributed by atoms with Crippen LogP contribution in [0.4, 0.5) is 30.7 Å². The van der Waals surface area contributed by atoms with E-state index in [0.29, 0.717) is 13.0 Å². The van der Waals surface area contributed by atoms with E-state index < -0.39 is 30.9 Å². The lowest BCUT2D eigenvalue weighted by Gasteiger charge is -2.22. The van der Waals surface area contributed by atoms with E-state index in [4.69, 9.17) is 0 Å². The van der Waals surface area contributed by atoms with Crippen molar-refractivity contribution in [2.24, 2.45) is 0 Å². The fourth-order valence-electron chi connectivity index (χ4n) is 0.713. The Bertz CT molecular complexity index is 220. The van der Waals surface area contributed by atoms with E-state index in [2.05, 4.69) is 0 Å². The zero-order chi connectivity index (χ0) is 12.3. The van der Waals surface area contributed by atoms with Gasteiger partial charge in [-0.1, -0.05) is 6.08 Å². The summed E-state index contributed by atoms with van der Waals surface area (Å²) in [4.78, 5) is 0. The minimum absolute atomic E-state index is 0.209. The van der Waals surface area contributed by atoms with Crippen LogP contribution in [0.15, 0.2) is 12.2 Å². The molecule has 90 valence electrons. The molecule has 0 aromatic heterocycles. The molecule has 0 aromatic carbocycles. The Morgan fingerprint density at radius 1 is 0.933 bits per heavy atom. The number of rotatable bonds is 3. The van der Waals surface area contributed by atoms with Crippen molar-refractivity contribution in [2.45, 2.75) is 37.8 Å². The average Bonchev–Trinajstić information content (AvgIpc) is 1.94. The quantitative estimate of drug-likeness (QED) is 0.511. The summed E-state index contributed by atoms with van der Waals surface area (Å²) in [6.45, 7) is 0.300. The summed E-state index contributed by atoms with van der Waals surface area (Å²) in [5, 5.41) is 0. The van der Waals surface area contributed by atoms with Crippen molar-refractivity contribution in [1.82, 2.24) is 0 Å². The van der Waals surface area contributed by atoms with Crippen LogP contribution in [0.1, 0.15) is 19.8 Å². The second-order valence-corrected chi connectivity index (χ2v) is 3.18. The third kappa shape index (κ3) is 5.64. The minimum atomic E-state index is -5.06. The van der Waals surface area contributed by atoms with Crippen LogP contribution in [0.25, 0.3) is 0 Å². The standard InChI is InChI=1S/C8H9F7/c1-6(9,8(13,14)15)4-2-3-5-7(10,11)12/h3,5H,2,4H2,1H3/b5-3-. The van der Waals surface area contributed by atoms with Crippen LogP contribution in [0.2, 0.25) is 0 Å². The predicted molar refractivity (Wildman–Crippen MR) is 40.0 cm³/mol. The molecule has 0 nitrogen and oxygen atoms in total. The van der Waals surface area contributed by atoms with Crippen molar-refractivity contribution >= 4 is 0 Å². The Morgan fingerprint density at radius 3 is 1.73 bits per heavy atom. The first-order valence-electron chi connectivity index (χ1n) is 3.96. The summed E-state index contributed by atoms with van der Waals surface area (Å²) in [5.41, 5.74) is -3.46. The topological polar surface area (TPSA) is 0 Å². The molecule has 0 spiro atoms. The van der Waals surface area contributed by atoms with E-state index in [1.54, 1.807) is 0 Å². The van der Waals surface area contributed by atoms with Gasteiger partial charge in [0.05, 0.1) is 0 Å². The van der Waals surface area contributed by atoms with Crippen molar-refractivity contribution in [3.05, 3.63) is 12.2 Å². The van der Waals surface area contributed by atoms with Crippen LogP contribution >= 0.6 is 0 Å². The molecule has 1 unspecified atom stereocenters. The number of hydrogen-bond acceptors (Lipinski definition) is 0. The highest BCUT2D eigenvalue weighted by molar-refractivity contribution is 4.92. The lowest BCUT2D eigenvalue weighted by atomic mass is 10.0. The second kappa shape index (κ2) is 4.40. The largest absolute Gasteiger partial charge is 0.422 e. The molecule has 0 amide bonds. The van der Waals surface area contributed by atoms with Gasteiger partial charge >= 0.3 is 12.4 Å². The Kier molecular flexibility index (Phi) is 4.18. The molecule has 0 aliphatic heterocycles. The first-order valence-corrected chi connectivity index (χ1v) is 3.96. The van der Waals surface area contributed by atoms with Crippen molar-refractivity contribution < 1.29 is 30.7 Å². The van der Waals surface area contributed by atoms with Crippen LogP contribution in [0.5, 0.6) is 0 Å². The minimum Gasteiger partial charge on any atom is -0.234 e. The van der Waals surface area contributed by atoms with E-state index in [0.717, 1.165) is 0 Å². The van der Waals surface area contributed by atoms with Gasteiger partial charge in [0.1, 0.15) is 0 Å². The van der Waals surface area contributed by atoms with Crippen molar-refractivity contribution in [2.75, 3.05) is 0 Å². The molecule has 0 aliphatic rings. The van der Waals surface area contributed by atoms with Gasteiger partial charge in [0.2, 0.25) is 5.67 Å². The van der Waals surface area contributed by atoms with Gasteiger partial charge in [0.15, 0.2) is 0 Å². The number of halogens is 7. The highest BCUT2D eigenvalue weighted by Crippen LogP contribution is 2.37. The van der Waals surface area contributed by atoms with Crippen LogP contribution in [-0.2, 0) is 0 Å². The van der Waals surface area contributed by atoms with Crippen LogP contribution in [0.3, 0.4) is 0 Å². The van der Waals surface area contributed by atoms with Crippen LogP contribution < -0.4 is 0 Å². The molecule has 0 aliphatic carbocycles. The van der Waals surface area contributed by atoms with E-state index in [-0.39, 0.29) is 6.08 Å². The molecule has 1 atom stereocenters. The summed E-state index contributed by atoms with van der Waals surface area (Å²) in [6, 6.07) is 0. The molecule has 0 bridgehead atoms. The van der Waals surface area contributed by atoms with E-state index in [1.807, 2.05) is 0 Å². The molecular weight excluding hydrogens is 229 g/mol. The van der Waals surface area contributed by atoms with Crippen molar-refractivity contribution in [1.29, 1.82) is 0 Å². The van der Waals surface area contributed by atoms with Crippen molar-refractivity contribution in [3.8, 4) is 0 Å². The zero-order valence-electron chi connectivity index (χ0n) is 7.71. The summed E-state index contributed by atoms with van der Waals surface area (Å²) < 4.78 is 82.9. The number of allylic oxidation sites excluding steroid dienone is 2. The van der Waals surface area contributed by atoms with Gasteiger partial charge in [-0.2, -0.15) is 26.3 Å². The maximum Gasteiger partial charge on any atom is 0.422 e. The smallest absolute Gasteiger partial charge is 0.234 e. The third-order valence-corrected chi connectivity index (χ3v) is 1.68. The Hall–Kier alpha value is -0.750. The lowest BCUT2D eigenvalue weighted by Crippen LogP contribution is -2.37. The maximum atomic E-state index is 12.8. The summed E-state index contributed by atoms with van der Waals surface area (Å²) in [5.74, 6) is 0. The second-order valence-electron chi connectivity index (χ2n) is 3.18. The van der Waals surface area contributed by atoms with Gasteiger partial charge in [0.25, 0.3) is 0 Å². The molecule has 0 aromatic rings. The molecule has 0 saturated heterocycles. The summed E-state index contributed by atoms with van der Waals surface area (Å²) >= 11 is 0. The molecule has 0 saturated carbocycles. The third-order valence-electron chi connectivity index (χ3n) is 1.68. The molecule has 15 heavy (non-hydrogen) atoms. The van der Waals surface area contributed by atoms with Gasteiger partial charge in [-0.3, -0.25) is 0 Å². The average molecular weight is 238 g/mol. The number of hydrogen-bond donors (Lipinski definition) is 0. The molecule has 0 N–H and O–H groups in total. The molecule has 7 heteroatoms. The predicted octanol–water partition coefficient (Wildman–Crippen LogP) is 4.18.